The molecular formula is C12H14N+. The van der Waals surface area contributed by atoms with Crippen molar-refractivity contribution in [3.05, 3.63) is 42.1 Å². The Morgan fingerprint density at radius 3 is 2.69 bits per heavy atom. The molecule has 0 saturated heterocycles. The summed E-state index contributed by atoms with van der Waals surface area (Å²) in [7, 11) is 2.09. The van der Waals surface area contributed by atoms with Gasteiger partial charge in [-0.15, -0.1) is 0 Å². The molecule has 0 bridgehead atoms. The second-order valence-electron chi connectivity index (χ2n) is 3.32. The van der Waals surface area contributed by atoms with E-state index in [1.165, 1.54) is 16.5 Å². The third kappa shape index (κ3) is 1.31. The average molecular weight is 172 g/mol. The minimum atomic E-state index is 1.10. The minimum Gasteiger partial charge on any atom is -0.201 e. The van der Waals surface area contributed by atoms with Crippen molar-refractivity contribution >= 4 is 10.9 Å². The fourth-order valence-corrected chi connectivity index (χ4v) is 1.73. The maximum atomic E-state index is 2.20. The summed E-state index contributed by atoms with van der Waals surface area (Å²) in [4.78, 5) is 0. The third-order valence-corrected chi connectivity index (χ3v) is 2.51. The van der Waals surface area contributed by atoms with Gasteiger partial charge in [0.2, 0.25) is 5.52 Å². The number of hydrogen-bond donors (Lipinski definition) is 0. The molecule has 2 aromatic rings. The Hall–Kier alpha value is -1.37. The van der Waals surface area contributed by atoms with Crippen LogP contribution >= 0.6 is 0 Å². The Balaban J connectivity index is 2.84. The van der Waals surface area contributed by atoms with Crippen molar-refractivity contribution in [2.45, 2.75) is 13.3 Å². The van der Waals surface area contributed by atoms with E-state index in [0.29, 0.717) is 0 Å². The second-order valence-corrected chi connectivity index (χ2v) is 3.32. The number of nitrogens with zero attached hydrogens (tertiary/aromatic N) is 1. The van der Waals surface area contributed by atoms with Gasteiger partial charge in [-0.3, -0.25) is 0 Å². The molecule has 0 atom stereocenters. The molecule has 1 heterocycles. The van der Waals surface area contributed by atoms with Crippen LogP contribution in [0.5, 0.6) is 0 Å². The lowest BCUT2D eigenvalue weighted by Gasteiger charge is -2.01. The molecule has 1 aromatic heterocycles. The smallest absolute Gasteiger partial charge is 0.201 e. The largest absolute Gasteiger partial charge is 0.212 e. The van der Waals surface area contributed by atoms with Gasteiger partial charge in [-0.2, -0.15) is 0 Å². The van der Waals surface area contributed by atoms with Crippen LogP contribution < -0.4 is 4.57 Å². The summed E-state index contributed by atoms with van der Waals surface area (Å²) in [6, 6.07) is 10.7. The number of rotatable bonds is 1. The Labute approximate surface area is 78.6 Å². The zero-order valence-electron chi connectivity index (χ0n) is 8.12. The molecule has 0 fully saturated rings. The number of hydrogen-bond acceptors (Lipinski definition) is 0. The van der Waals surface area contributed by atoms with E-state index < -0.39 is 0 Å². The van der Waals surface area contributed by atoms with E-state index >= 15 is 0 Å². The highest BCUT2D eigenvalue weighted by Gasteiger charge is 2.06. The fourth-order valence-electron chi connectivity index (χ4n) is 1.73. The first-order valence-corrected chi connectivity index (χ1v) is 4.69. The highest BCUT2D eigenvalue weighted by molar-refractivity contribution is 5.79. The van der Waals surface area contributed by atoms with Gasteiger partial charge in [0.05, 0.1) is 0 Å². The SMILES string of the molecule is CCc1cc[n+](C)c2ccccc12. The fraction of sp³-hybridized carbons (Fsp3) is 0.250. The lowest BCUT2D eigenvalue weighted by atomic mass is 10.1. The van der Waals surface area contributed by atoms with Gasteiger partial charge in [0.25, 0.3) is 0 Å². The molecule has 13 heavy (non-hydrogen) atoms. The van der Waals surface area contributed by atoms with Crippen molar-refractivity contribution in [1.29, 1.82) is 0 Å². The minimum absolute atomic E-state index is 1.10. The zero-order chi connectivity index (χ0) is 9.26. The Kier molecular flexibility index (Phi) is 2.01. The molecule has 66 valence electrons. The van der Waals surface area contributed by atoms with Gasteiger partial charge in [-0.1, -0.05) is 19.1 Å². The first-order chi connectivity index (χ1) is 6.33. The van der Waals surface area contributed by atoms with Crippen LogP contribution in [0.3, 0.4) is 0 Å². The first-order valence-electron chi connectivity index (χ1n) is 4.69. The normalized spacial score (nSPS) is 10.6. The average Bonchev–Trinajstić information content (AvgIpc) is 2.19. The molecule has 2 rings (SSSR count). The topological polar surface area (TPSA) is 3.88 Å². The van der Waals surface area contributed by atoms with Crippen LogP contribution in [0.4, 0.5) is 0 Å². The van der Waals surface area contributed by atoms with Gasteiger partial charge in [0, 0.05) is 17.5 Å². The summed E-state index contributed by atoms with van der Waals surface area (Å²) in [6.45, 7) is 2.20. The van der Waals surface area contributed by atoms with Crippen molar-refractivity contribution in [3.63, 3.8) is 0 Å². The molecule has 1 aromatic carbocycles. The molecule has 0 aliphatic carbocycles. The summed E-state index contributed by atoms with van der Waals surface area (Å²) >= 11 is 0. The van der Waals surface area contributed by atoms with Crippen molar-refractivity contribution in [2.75, 3.05) is 0 Å². The molecule has 0 spiro atoms. The maximum Gasteiger partial charge on any atom is 0.212 e. The zero-order valence-corrected chi connectivity index (χ0v) is 8.12. The number of para-hydroxylation sites is 1. The van der Waals surface area contributed by atoms with Gasteiger partial charge < -0.3 is 0 Å². The van der Waals surface area contributed by atoms with Crippen LogP contribution in [0, 0.1) is 0 Å². The quantitative estimate of drug-likeness (QED) is 0.581. The standard InChI is InChI=1S/C12H14N/c1-3-10-8-9-13(2)12-7-5-4-6-11(10)12/h4-9H,3H2,1-2H3/q+1. The van der Waals surface area contributed by atoms with Crippen LogP contribution in [-0.4, -0.2) is 0 Å². The number of aryl methyl sites for hydroxylation is 2. The molecule has 0 aliphatic heterocycles. The van der Waals surface area contributed by atoms with Crippen molar-refractivity contribution in [2.24, 2.45) is 7.05 Å². The summed E-state index contributed by atoms with van der Waals surface area (Å²) in [5, 5.41) is 1.37. The van der Waals surface area contributed by atoms with Gasteiger partial charge in [-0.25, -0.2) is 4.57 Å². The van der Waals surface area contributed by atoms with E-state index in [-0.39, 0.29) is 0 Å². The maximum absolute atomic E-state index is 2.20. The van der Waals surface area contributed by atoms with E-state index in [1.807, 2.05) is 0 Å². The van der Waals surface area contributed by atoms with Gasteiger partial charge >= 0.3 is 0 Å². The number of fused-ring (bicyclic) bond motifs is 1. The molecule has 0 saturated carbocycles. The summed E-state index contributed by atoms with van der Waals surface area (Å²) in [5.41, 5.74) is 2.73. The van der Waals surface area contributed by atoms with Gasteiger partial charge in [0.15, 0.2) is 6.20 Å². The van der Waals surface area contributed by atoms with E-state index in [9.17, 15) is 0 Å². The highest BCUT2D eigenvalue weighted by atomic mass is 14.9. The van der Waals surface area contributed by atoms with Crippen LogP contribution in [0.25, 0.3) is 10.9 Å². The molecular weight excluding hydrogens is 158 g/mol. The number of benzene rings is 1. The van der Waals surface area contributed by atoms with Crippen LogP contribution in [-0.2, 0) is 13.5 Å². The Bertz CT molecular complexity index is 432. The molecule has 1 nitrogen and oxygen atoms in total. The molecule has 0 aliphatic rings. The molecule has 0 amide bonds. The van der Waals surface area contributed by atoms with Crippen molar-refractivity contribution in [1.82, 2.24) is 0 Å². The van der Waals surface area contributed by atoms with Crippen LogP contribution in [0.1, 0.15) is 12.5 Å². The molecule has 1 heteroatoms. The van der Waals surface area contributed by atoms with E-state index in [2.05, 4.69) is 55.1 Å². The van der Waals surface area contributed by atoms with Crippen LogP contribution in [0.2, 0.25) is 0 Å². The van der Waals surface area contributed by atoms with Crippen LogP contribution in [0.15, 0.2) is 36.5 Å². The second kappa shape index (κ2) is 3.17. The third-order valence-electron chi connectivity index (χ3n) is 2.51. The Morgan fingerprint density at radius 2 is 1.92 bits per heavy atom. The predicted octanol–water partition coefficient (Wildman–Crippen LogP) is 2.23. The van der Waals surface area contributed by atoms with E-state index in [0.717, 1.165) is 6.42 Å². The van der Waals surface area contributed by atoms with Crippen molar-refractivity contribution in [3.8, 4) is 0 Å². The van der Waals surface area contributed by atoms with Gasteiger partial charge in [0.1, 0.15) is 7.05 Å². The summed E-state index contributed by atoms with van der Waals surface area (Å²) in [6.07, 6.45) is 3.22. The lowest BCUT2D eigenvalue weighted by molar-refractivity contribution is -0.644. The van der Waals surface area contributed by atoms with Gasteiger partial charge in [-0.05, 0) is 18.1 Å². The number of aromatic nitrogens is 1. The number of pyridine rings is 1. The summed E-state index contributed by atoms with van der Waals surface area (Å²) in [5.74, 6) is 0. The summed E-state index contributed by atoms with van der Waals surface area (Å²) < 4.78 is 2.16. The highest BCUT2D eigenvalue weighted by Crippen LogP contribution is 2.14. The van der Waals surface area contributed by atoms with E-state index in [1.54, 1.807) is 0 Å². The first kappa shape index (κ1) is 8.24. The predicted molar refractivity (Wildman–Crippen MR) is 54.5 cm³/mol. The molecule has 0 unspecified atom stereocenters. The monoisotopic (exact) mass is 172 g/mol. The molecule has 0 radical (unpaired) electrons. The van der Waals surface area contributed by atoms with E-state index in [4.69, 9.17) is 0 Å². The van der Waals surface area contributed by atoms with Crippen molar-refractivity contribution < 1.29 is 4.57 Å². The molecule has 0 N–H and O–H groups in total. The Morgan fingerprint density at radius 1 is 1.15 bits per heavy atom. The lowest BCUT2D eigenvalue weighted by Crippen LogP contribution is -2.28.